The second-order valence-corrected chi connectivity index (χ2v) is 13.0. The van der Waals surface area contributed by atoms with Gasteiger partial charge >= 0.3 is 11.7 Å². The zero-order chi connectivity index (χ0) is 30.1. The van der Waals surface area contributed by atoms with Gasteiger partial charge in [-0.25, -0.2) is 27.3 Å². The number of nitrogens with zero attached hydrogens (tertiary/aromatic N) is 2. The van der Waals surface area contributed by atoms with E-state index < -0.39 is 27.3 Å². The lowest BCUT2D eigenvalue weighted by atomic mass is 10.2. The Labute approximate surface area is 252 Å². The molecule has 0 unspecified atom stereocenters. The monoisotopic (exact) mass is 632 g/mol. The van der Waals surface area contributed by atoms with Crippen LogP contribution >= 0.6 is 22.9 Å². The van der Waals surface area contributed by atoms with Crippen molar-refractivity contribution < 1.29 is 13.2 Å². The minimum Gasteiger partial charge on any atom is -0.379 e. The highest BCUT2D eigenvalue weighted by Crippen LogP contribution is 2.25. The second-order valence-electron chi connectivity index (χ2n) is 9.34. The van der Waals surface area contributed by atoms with Crippen LogP contribution in [0.3, 0.4) is 0 Å². The summed E-state index contributed by atoms with van der Waals surface area (Å²) in [5, 5.41) is 7.03. The first-order chi connectivity index (χ1) is 20.7. The fraction of sp³-hybridized carbons (Fsp3) is 0.0345. The van der Waals surface area contributed by atoms with Crippen LogP contribution in [0.1, 0.15) is 5.69 Å². The van der Waals surface area contributed by atoms with E-state index in [1.54, 1.807) is 18.2 Å². The zero-order valence-electron chi connectivity index (χ0n) is 22.0. The molecule has 0 saturated carbocycles. The predicted octanol–water partition coefficient (Wildman–Crippen LogP) is 5.06. The lowest BCUT2D eigenvalue weighted by Crippen LogP contribution is -2.34. The van der Waals surface area contributed by atoms with Crippen molar-refractivity contribution in [3.63, 3.8) is 0 Å². The molecule has 11 nitrogen and oxygen atoms in total. The van der Waals surface area contributed by atoms with Crippen molar-refractivity contribution >= 4 is 72.2 Å². The minimum atomic E-state index is -4.10. The quantitative estimate of drug-likeness (QED) is 0.192. The van der Waals surface area contributed by atoms with Crippen molar-refractivity contribution in [2.75, 3.05) is 10.6 Å². The Kier molecular flexibility index (Phi) is 7.44. The molecule has 3 heterocycles. The number of anilines is 2. The Bertz CT molecular complexity index is 2240. The molecule has 2 amide bonds. The maximum atomic E-state index is 13.3. The lowest BCUT2D eigenvalue weighted by Gasteiger charge is -2.11. The van der Waals surface area contributed by atoms with Crippen molar-refractivity contribution in [2.45, 2.75) is 10.8 Å². The van der Waals surface area contributed by atoms with E-state index in [1.165, 1.54) is 36.4 Å². The van der Waals surface area contributed by atoms with E-state index in [2.05, 4.69) is 20.6 Å². The van der Waals surface area contributed by atoms with E-state index in [-0.39, 0.29) is 19.9 Å². The Morgan fingerprint density at radius 1 is 0.930 bits per heavy atom. The van der Waals surface area contributed by atoms with Crippen LogP contribution in [0.4, 0.5) is 16.2 Å². The SMILES string of the molecule is O=C(Nc1ccc(-n2c(=O)[nH]c3cc(NCc4ccc5ccccc5n4)ccc3c2=O)cc1)NS(=O)(=O)c1ccc(Cl)s1. The summed E-state index contributed by atoms with van der Waals surface area (Å²) in [5.41, 5.74) is 2.12. The van der Waals surface area contributed by atoms with Crippen LogP contribution in [0.5, 0.6) is 0 Å². The third kappa shape index (κ3) is 6.00. The lowest BCUT2D eigenvalue weighted by molar-refractivity contribution is 0.256. The predicted molar refractivity (Wildman–Crippen MR) is 168 cm³/mol. The molecule has 43 heavy (non-hydrogen) atoms. The largest absolute Gasteiger partial charge is 0.379 e. The summed E-state index contributed by atoms with van der Waals surface area (Å²) in [5.74, 6) is 0. The molecule has 0 atom stereocenters. The number of nitrogens with one attached hydrogen (secondary N) is 4. The number of carbonyl (C=O) groups is 1. The number of pyridine rings is 1. The molecule has 4 N–H and O–H groups in total. The molecule has 0 aliphatic heterocycles. The molecule has 0 bridgehead atoms. The highest BCUT2D eigenvalue weighted by molar-refractivity contribution is 7.92. The van der Waals surface area contributed by atoms with Crippen LogP contribution in [0.2, 0.25) is 4.34 Å². The maximum absolute atomic E-state index is 13.3. The highest BCUT2D eigenvalue weighted by atomic mass is 35.5. The number of carbonyl (C=O) groups excluding carboxylic acids is 1. The molecule has 0 aliphatic carbocycles. The van der Waals surface area contributed by atoms with Gasteiger partial charge in [-0.05, 0) is 66.7 Å². The Morgan fingerprint density at radius 3 is 2.47 bits per heavy atom. The van der Waals surface area contributed by atoms with E-state index >= 15 is 0 Å². The summed E-state index contributed by atoms with van der Waals surface area (Å²) in [4.78, 5) is 45.9. The fourth-order valence-corrected chi connectivity index (χ4v) is 6.82. The number of benzene rings is 3. The van der Waals surface area contributed by atoms with Crippen LogP contribution in [0.25, 0.3) is 27.5 Å². The third-order valence-corrected chi connectivity index (χ3v) is 9.51. The summed E-state index contributed by atoms with van der Waals surface area (Å²) in [7, 11) is -4.10. The van der Waals surface area contributed by atoms with E-state index in [4.69, 9.17) is 11.6 Å². The van der Waals surface area contributed by atoms with Gasteiger partial charge in [-0.15, -0.1) is 11.3 Å². The van der Waals surface area contributed by atoms with E-state index in [1.807, 2.05) is 41.1 Å². The zero-order valence-corrected chi connectivity index (χ0v) is 24.4. The number of hydrogen-bond acceptors (Lipinski definition) is 8. The van der Waals surface area contributed by atoms with Crippen LogP contribution in [-0.4, -0.2) is 29.0 Å². The molecule has 0 saturated heterocycles. The van der Waals surface area contributed by atoms with E-state index in [0.717, 1.165) is 32.5 Å². The smallest absolute Gasteiger partial charge is 0.333 e. The molecule has 6 rings (SSSR count). The molecular formula is C29H21ClN6O5S2. The average Bonchev–Trinajstić information content (AvgIpc) is 3.44. The van der Waals surface area contributed by atoms with Gasteiger partial charge in [0.25, 0.3) is 15.6 Å². The first kappa shape index (κ1) is 28.2. The number of halogens is 1. The molecule has 0 spiro atoms. The normalized spacial score (nSPS) is 11.5. The van der Waals surface area contributed by atoms with Gasteiger partial charge in [-0.2, -0.15) is 0 Å². The number of aromatic nitrogens is 3. The number of H-pyrrole nitrogens is 1. The molecule has 6 aromatic rings. The Morgan fingerprint density at radius 2 is 1.70 bits per heavy atom. The van der Waals surface area contributed by atoms with Gasteiger partial charge < -0.3 is 15.6 Å². The van der Waals surface area contributed by atoms with Crippen LogP contribution in [0.15, 0.2) is 105 Å². The number of aromatic amines is 1. The Hall–Kier alpha value is -4.98. The van der Waals surface area contributed by atoms with Crippen LogP contribution in [-0.2, 0) is 16.6 Å². The molecule has 0 radical (unpaired) electrons. The molecule has 14 heteroatoms. The number of urea groups is 1. The van der Waals surface area contributed by atoms with Gasteiger partial charge in [0, 0.05) is 16.8 Å². The first-order valence-corrected chi connectivity index (χ1v) is 15.4. The summed E-state index contributed by atoms with van der Waals surface area (Å²) in [6.45, 7) is 0.449. The van der Waals surface area contributed by atoms with Gasteiger partial charge in [0.2, 0.25) is 0 Å². The van der Waals surface area contributed by atoms with Gasteiger partial charge in [-0.3, -0.25) is 9.78 Å². The molecule has 0 fully saturated rings. The summed E-state index contributed by atoms with van der Waals surface area (Å²) in [6.07, 6.45) is 0. The topological polar surface area (TPSA) is 155 Å². The molecule has 0 aliphatic rings. The van der Waals surface area contributed by atoms with Crippen molar-refractivity contribution in [3.05, 3.63) is 122 Å². The average molecular weight is 633 g/mol. The maximum Gasteiger partial charge on any atom is 0.333 e. The number of para-hydroxylation sites is 1. The number of thiophene rings is 1. The van der Waals surface area contributed by atoms with Gasteiger partial charge in [0.05, 0.1) is 38.7 Å². The van der Waals surface area contributed by atoms with Gasteiger partial charge in [0.15, 0.2) is 0 Å². The summed E-state index contributed by atoms with van der Waals surface area (Å²) in [6, 6.07) is 24.3. The number of amides is 2. The standard InChI is InChI=1S/C29H21ClN6O5S2/c30-25-13-14-26(42-25)43(40,41)35-28(38)33-18-7-10-21(11-8-18)36-27(37)22-12-9-19(15-24(22)34-29(36)39)31-16-20-6-5-17-3-1-2-4-23(17)32-20/h1-15,31H,16H2,(H,34,39)(H2,33,35,38). The van der Waals surface area contributed by atoms with E-state index in [0.29, 0.717) is 23.1 Å². The van der Waals surface area contributed by atoms with Crippen molar-refractivity contribution in [2.24, 2.45) is 0 Å². The molecular weight excluding hydrogens is 612 g/mol. The number of rotatable bonds is 7. The van der Waals surface area contributed by atoms with Crippen LogP contribution in [0, 0.1) is 0 Å². The fourth-order valence-electron chi connectivity index (χ4n) is 4.43. The molecule has 3 aromatic carbocycles. The minimum absolute atomic E-state index is 0.109. The Balaban J connectivity index is 1.17. The van der Waals surface area contributed by atoms with Gasteiger partial charge in [-0.1, -0.05) is 35.9 Å². The van der Waals surface area contributed by atoms with Gasteiger partial charge in [0.1, 0.15) is 4.21 Å². The van der Waals surface area contributed by atoms with Crippen molar-refractivity contribution in [1.29, 1.82) is 0 Å². The summed E-state index contributed by atoms with van der Waals surface area (Å²) >= 11 is 6.59. The third-order valence-electron chi connectivity index (χ3n) is 6.45. The highest BCUT2D eigenvalue weighted by Gasteiger charge is 2.20. The number of hydrogen-bond donors (Lipinski definition) is 4. The second kappa shape index (κ2) is 11.4. The first-order valence-electron chi connectivity index (χ1n) is 12.7. The van der Waals surface area contributed by atoms with Crippen LogP contribution < -0.4 is 26.6 Å². The van der Waals surface area contributed by atoms with Crippen molar-refractivity contribution in [3.8, 4) is 5.69 Å². The molecule has 216 valence electrons. The molecule has 3 aromatic heterocycles. The summed E-state index contributed by atoms with van der Waals surface area (Å²) < 4.78 is 27.7. The number of sulfonamides is 1. The number of fused-ring (bicyclic) bond motifs is 2. The van der Waals surface area contributed by atoms with E-state index in [9.17, 15) is 22.8 Å². The van der Waals surface area contributed by atoms with Crippen molar-refractivity contribution in [1.82, 2.24) is 19.3 Å².